The van der Waals surface area contributed by atoms with Gasteiger partial charge in [0.05, 0.1) is 5.52 Å². The lowest BCUT2D eigenvalue weighted by Crippen LogP contribution is -2.22. The zero-order valence-corrected chi connectivity index (χ0v) is 12.7. The summed E-state index contributed by atoms with van der Waals surface area (Å²) in [5, 5.41) is 1.14. The number of aromatic nitrogens is 3. The molecule has 1 atom stereocenters. The van der Waals surface area contributed by atoms with Crippen LogP contribution in [0.5, 0.6) is 0 Å². The van der Waals surface area contributed by atoms with Crippen LogP contribution in [0.15, 0.2) is 48.9 Å². The quantitative estimate of drug-likeness (QED) is 0.736. The number of benzene rings is 1. The maximum Gasteiger partial charge on any atom is 0.140 e. The molecule has 1 aromatic carbocycles. The van der Waals surface area contributed by atoms with Gasteiger partial charge >= 0.3 is 0 Å². The molecular formula is C17H20N4. The van der Waals surface area contributed by atoms with E-state index in [0.717, 1.165) is 28.8 Å². The van der Waals surface area contributed by atoms with Crippen LogP contribution in [0.2, 0.25) is 0 Å². The average Bonchev–Trinajstić information content (AvgIpc) is 2.95. The minimum Gasteiger partial charge on any atom is -0.327 e. The molecule has 0 bridgehead atoms. The molecule has 0 saturated heterocycles. The maximum absolute atomic E-state index is 4.58. The van der Waals surface area contributed by atoms with Gasteiger partial charge in [0.2, 0.25) is 0 Å². The smallest absolute Gasteiger partial charge is 0.140 e. The van der Waals surface area contributed by atoms with Crippen LogP contribution < -0.4 is 0 Å². The van der Waals surface area contributed by atoms with Crippen molar-refractivity contribution in [2.75, 3.05) is 20.6 Å². The van der Waals surface area contributed by atoms with Crippen LogP contribution in [-0.2, 0) is 0 Å². The maximum atomic E-state index is 4.58. The van der Waals surface area contributed by atoms with Gasteiger partial charge in [-0.2, -0.15) is 0 Å². The fourth-order valence-corrected chi connectivity index (χ4v) is 2.79. The topological polar surface area (TPSA) is 34.0 Å². The molecule has 4 heteroatoms. The highest BCUT2D eigenvalue weighted by atomic mass is 15.1. The first-order valence-corrected chi connectivity index (χ1v) is 7.18. The Labute approximate surface area is 125 Å². The van der Waals surface area contributed by atoms with Crippen molar-refractivity contribution in [1.82, 2.24) is 19.4 Å². The number of hydrogen-bond donors (Lipinski definition) is 0. The summed E-state index contributed by atoms with van der Waals surface area (Å²) in [6.07, 6.45) is 5.75. The van der Waals surface area contributed by atoms with Gasteiger partial charge in [-0.3, -0.25) is 4.98 Å². The Hall–Kier alpha value is -2.20. The van der Waals surface area contributed by atoms with Crippen LogP contribution in [0.1, 0.15) is 13.0 Å². The second-order valence-electron chi connectivity index (χ2n) is 5.65. The van der Waals surface area contributed by atoms with Gasteiger partial charge in [0.1, 0.15) is 5.82 Å². The lowest BCUT2D eigenvalue weighted by molar-refractivity contribution is 0.338. The highest BCUT2D eigenvalue weighted by Crippen LogP contribution is 2.28. The van der Waals surface area contributed by atoms with Crippen molar-refractivity contribution in [1.29, 1.82) is 0 Å². The Bertz CT molecular complexity index is 740. The summed E-state index contributed by atoms with van der Waals surface area (Å²) < 4.78 is 2.24. The molecule has 0 aliphatic heterocycles. The van der Waals surface area contributed by atoms with Gasteiger partial charge < -0.3 is 9.47 Å². The van der Waals surface area contributed by atoms with Crippen LogP contribution in [0.3, 0.4) is 0 Å². The molecule has 0 N–H and O–H groups in total. The standard InChI is InChI=1S/C17H20N4/c1-13(12-20(2)3)21-11-10-19-17(21)15-6-4-8-16-14(15)7-5-9-18-16/h4-11,13H,12H2,1-3H3. The minimum atomic E-state index is 0.365. The van der Waals surface area contributed by atoms with Crippen molar-refractivity contribution in [3.8, 4) is 11.4 Å². The summed E-state index contributed by atoms with van der Waals surface area (Å²) in [7, 11) is 4.18. The van der Waals surface area contributed by atoms with E-state index in [1.807, 2.05) is 30.6 Å². The van der Waals surface area contributed by atoms with Crippen molar-refractivity contribution >= 4 is 10.9 Å². The summed E-state index contributed by atoms with van der Waals surface area (Å²) >= 11 is 0. The Morgan fingerprint density at radius 1 is 1.10 bits per heavy atom. The molecule has 0 saturated carbocycles. The van der Waals surface area contributed by atoms with Crippen LogP contribution in [-0.4, -0.2) is 40.1 Å². The fraction of sp³-hybridized carbons (Fsp3) is 0.294. The number of nitrogens with zero attached hydrogens (tertiary/aromatic N) is 4. The predicted octanol–water partition coefficient (Wildman–Crippen LogP) is 3.22. The highest BCUT2D eigenvalue weighted by Gasteiger charge is 2.14. The predicted molar refractivity (Wildman–Crippen MR) is 86.2 cm³/mol. The lowest BCUT2D eigenvalue weighted by atomic mass is 10.1. The van der Waals surface area contributed by atoms with E-state index in [1.165, 1.54) is 0 Å². The van der Waals surface area contributed by atoms with Crippen molar-refractivity contribution in [3.05, 3.63) is 48.9 Å². The minimum absolute atomic E-state index is 0.365. The molecule has 2 heterocycles. The van der Waals surface area contributed by atoms with E-state index >= 15 is 0 Å². The Balaban J connectivity index is 2.10. The van der Waals surface area contributed by atoms with Gasteiger partial charge in [0.25, 0.3) is 0 Å². The third-order valence-corrected chi connectivity index (χ3v) is 3.66. The molecule has 108 valence electrons. The summed E-state index contributed by atoms with van der Waals surface area (Å²) in [6.45, 7) is 3.20. The Morgan fingerprint density at radius 3 is 2.76 bits per heavy atom. The largest absolute Gasteiger partial charge is 0.327 e. The van der Waals surface area contributed by atoms with Crippen LogP contribution >= 0.6 is 0 Å². The summed E-state index contributed by atoms with van der Waals surface area (Å²) in [5.41, 5.74) is 2.14. The zero-order chi connectivity index (χ0) is 14.8. The number of likely N-dealkylation sites (N-methyl/N-ethyl adjacent to an activating group) is 1. The van der Waals surface area contributed by atoms with E-state index in [0.29, 0.717) is 6.04 Å². The van der Waals surface area contributed by atoms with E-state index in [9.17, 15) is 0 Å². The second kappa shape index (κ2) is 5.66. The van der Waals surface area contributed by atoms with Crippen LogP contribution in [0, 0.1) is 0 Å². The first-order chi connectivity index (χ1) is 10.2. The van der Waals surface area contributed by atoms with E-state index < -0.39 is 0 Å². The number of hydrogen-bond acceptors (Lipinski definition) is 3. The van der Waals surface area contributed by atoms with Crippen molar-refractivity contribution in [2.24, 2.45) is 0 Å². The lowest BCUT2D eigenvalue weighted by Gasteiger charge is -2.20. The molecule has 0 spiro atoms. The SMILES string of the molecule is CC(CN(C)C)n1ccnc1-c1cccc2ncccc12. The monoisotopic (exact) mass is 280 g/mol. The summed E-state index contributed by atoms with van der Waals surface area (Å²) in [6, 6.07) is 10.6. The second-order valence-corrected chi connectivity index (χ2v) is 5.65. The molecule has 2 aromatic heterocycles. The van der Waals surface area contributed by atoms with Gasteiger partial charge in [-0.25, -0.2) is 4.98 Å². The molecule has 3 rings (SSSR count). The first-order valence-electron chi connectivity index (χ1n) is 7.18. The average molecular weight is 280 g/mol. The fourth-order valence-electron chi connectivity index (χ4n) is 2.79. The molecule has 3 aromatic rings. The van der Waals surface area contributed by atoms with E-state index in [1.54, 1.807) is 0 Å². The normalized spacial score (nSPS) is 13.0. The van der Waals surface area contributed by atoms with E-state index in [-0.39, 0.29) is 0 Å². The number of pyridine rings is 1. The third-order valence-electron chi connectivity index (χ3n) is 3.66. The van der Waals surface area contributed by atoms with Crippen molar-refractivity contribution in [3.63, 3.8) is 0 Å². The highest BCUT2D eigenvalue weighted by molar-refractivity contribution is 5.92. The molecule has 0 amide bonds. The molecule has 4 nitrogen and oxygen atoms in total. The Morgan fingerprint density at radius 2 is 1.95 bits per heavy atom. The summed E-state index contributed by atoms with van der Waals surface area (Å²) in [4.78, 5) is 11.2. The molecular weight excluding hydrogens is 260 g/mol. The molecule has 0 fully saturated rings. The van der Waals surface area contributed by atoms with Gasteiger partial charge in [-0.05, 0) is 33.2 Å². The number of rotatable bonds is 4. The third kappa shape index (κ3) is 2.67. The van der Waals surface area contributed by atoms with Gasteiger partial charge in [0, 0.05) is 42.1 Å². The first kappa shape index (κ1) is 13.8. The van der Waals surface area contributed by atoms with Crippen LogP contribution in [0.25, 0.3) is 22.3 Å². The van der Waals surface area contributed by atoms with E-state index in [4.69, 9.17) is 0 Å². The van der Waals surface area contributed by atoms with Crippen molar-refractivity contribution < 1.29 is 0 Å². The molecule has 21 heavy (non-hydrogen) atoms. The number of imidazole rings is 1. The Kier molecular flexibility index (Phi) is 3.71. The molecule has 0 radical (unpaired) electrons. The van der Waals surface area contributed by atoms with Gasteiger partial charge in [0.15, 0.2) is 0 Å². The zero-order valence-electron chi connectivity index (χ0n) is 12.7. The summed E-state index contributed by atoms with van der Waals surface area (Å²) in [5.74, 6) is 1.00. The van der Waals surface area contributed by atoms with E-state index in [2.05, 4.69) is 58.8 Å². The molecule has 0 aliphatic rings. The molecule has 1 unspecified atom stereocenters. The number of fused-ring (bicyclic) bond motifs is 1. The van der Waals surface area contributed by atoms with Gasteiger partial charge in [-0.15, -0.1) is 0 Å². The van der Waals surface area contributed by atoms with Crippen molar-refractivity contribution in [2.45, 2.75) is 13.0 Å². The molecule has 0 aliphatic carbocycles. The van der Waals surface area contributed by atoms with Gasteiger partial charge in [-0.1, -0.05) is 18.2 Å². The van der Waals surface area contributed by atoms with Crippen LogP contribution in [0.4, 0.5) is 0 Å².